The van der Waals surface area contributed by atoms with E-state index < -0.39 is 5.92 Å². The highest BCUT2D eigenvalue weighted by molar-refractivity contribution is 5.84. The molecule has 1 rings (SSSR count). The number of hydrogen-bond donors (Lipinski definition) is 1. The highest BCUT2D eigenvalue weighted by Crippen LogP contribution is 2.18. The number of carbonyl (C=O) groups excluding carboxylic acids is 2. The fourth-order valence-electron chi connectivity index (χ4n) is 0.990. The summed E-state index contributed by atoms with van der Waals surface area (Å²) in [7, 11) is 0. The summed E-state index contributed by atoms with van der Waals surface area (Å²) in [5.41, 5.74) is 0.809. The van der Waals surface area contributed by atoms with Crippen molar-refractivity contribution in [3.05, 3.63) is 23.5 Å². The smallest absolute Gasteiger partial charge is 0.149 e. The van der Waals surface area contributed by atoms with Gasteiger partial charge in [-0.1, -0.05) is 5.92 Å². The Bertz CT molecular complexity index is 283. The van der Waals surface area contributed by atoms with E-state index in [4.69, 9.17) is 6.42 Å². The average Bonchev–Trinajstić information content (AvgIpc) is 2.16. The minimum absolute atomic E-state index is 0.405. The van der Waals surface area contributed by atoms with Crippen LogP contribution in [0.3, 0.4) is 0 Å². The second kappa shape index (κ2) is 3.54. The molecule has 1 N–H and O–H groups in total. The summed E-state index contributed by atoms with van der Waals surface area (Å²) in [6.07, 6.45) is 9.43. The van der Waals surface area contributed by atoms with Crippen LogP contribution in [0.1, 0.15) is 0 Å². The Kier molecular flexibility index (Phi) is 2.44. The van der Waals surface area contributed by atoms with E-state index in [-0.39, 0.29) is 0 Å². The largest absolute Gasteiger partial charge is 0.367 e. The number of rotatable bonds is 2. The van der Waals surface area contributed by atoms with Gasteiger partial charge >= 0.3 is 0 Å². The molecular weight excluding hydrogens is 154 g/mol. The molecule has 0 unspecified atom stereocenters. The van der Waals surface area contributed by atoms with Crippen LogP contribution in [0.15, 0.2) is 23.5 Å². The lowest BCUT2D eigenvalue weighted by atomic mass is 9.93. The Morgan fingerprint density at radius 2 is 1.83 bits per heavy atom. The maximum atomic E-state index is 10.4. The van der Waals surface area contributed by atoms with Crippen LogP contribution < -0.4 is 5.32 Å². The second-order valence-corrected chi connectivity index (χ2v) is 2.29. The number of terminal acetylenes is 1. The molecule has 1 heterocycles. The first-order valence-electron chi connectivity index (χ1n) is 3.36. The minimum Gasteiger partial charge on any atom is -0.367 e. The van der Waals surface area contributed by atoms with Gasteiger partial charge in [0.1, 0.15) is 12.6 Å². The number of carbonyl (C=O) groups is 2. The molecule has 0 aromatic carbocycles. The van der Waals surface area contributed by atoms with Crippen LogP contribution in [0.4, 0.5) is 0 Å². The van der Waals surface area contributed by atoms with Crippen molar-refractivity contribution in [3.63, 3.8) is 0 Å². The van der Waals surface area contributed by atoms with Crippen molar-refractivity contribution >= 4 is 12.6 Å². The molecule has 0 saturated carbocycles. The summed E-state index contributed by atoms with van der Waals surface area (Å²) in [6.45, 7) is 0. The van der Waals surface area contributed by atoms with Crippen molar-refractivity contribution < 1.29 is 9.59 Å². The summed E-state index contributed by atoms with van der Waals surface area (Å²) in [5.74, 6) is 1.87. The van der Waals surface area contributed by atoms with Gasteiger partial charge in [-0.2, -0.15) is 0 Å². The summed E-state index contributed by atoms with van der Waals surface area (Å²) in [5, 5.41) is 2.67. The molecule has 1 aliphatic rings. The zero-order chi connectivity index (χ0) is 8.97. The van der Waals surface area contributed by atoms with E-state index in [1.807, 2.05) is 0 Å². The third-order valence-corrected chi connectivity index (χ3v) is 1.61. The van der Waals surface area contributed by atoms with E-state index in [1.54, 1.807) is 0 Å². The molecule has 60 valence electrons. The molecule has 0 spiro atoms. The Morgan fingerprint density at radius 1 is 1.33 bits per heavy atom. The van der Waals surface area contributed by atoms with Gasteiger partial charge in [0.15, 0.2) is 0 Å². The van der Waals surface area contributed by atoms with Gasteiger partial charge in [0.2, 0.25) is 0 Å². The summed E-state index contributed by atoms with van der Waals surface area (Å²) in [4.78, 5) is 20.9. The van der Waals surface area contributed by atoms with Crippen LogP contribution in [-0.4, -0.2) is 12.6 Å². The topological polar surface area (TPSA) is 46.2 Å². The van der Waals surface area contributed by atoms with Gasteiger partial charge in [0.25, 0.3) is 0 Å². The zero-order valence-electron chi connectivity index (χ0n) is 6.28. The highest BCUT2D eigenvalue weighted by Gasteiger charge is 2.18. The van der Waals surface area contributed by atoms with Gasteiger partial charge in [0.05, 0.1) is 5.92 Å². The molecule has 0 amide bonds. The SMILES string of the molecule is C#CC1C(C=O)=CNC=C1C=O. The molecule has 0 fully saturated rings. The minimum atomic E-state index is -0.499. The van der Waals surface area contributed by atoms with Crippen LogP contribution >= 0.6 is 0 Å². The van der Waals surface area contributed by atoms with E-state index >= 15 is 0 Å². The van der Waals surface area contributed by atoms with Gasteiger partial charge in [-0.25, -0.2) is 0 Å². The zero-order valence-corrected chi connectivity index (χ0v) is 6.28. The molecule has 3 heteroatoms. The lowest BCUT2D eigenvalue weighted by Gasteiger charge is -2.14. The lowest BCUT2D eigenvalue weighted by Crippen LogP contribution is -2.17. The fraction of sp³-hybridized carbons (Fsp3) is 0.111. The van der Waals surface area contributed by atoms with Crippen LogP contribution in [-0.2, 0) is 9.59 Å². The van der Waals surface area contributed by atoms with Crippen LogP contribution in [0.2, 0.25) is 0 Å². The van der Waals surface area contributed by atoms with E-state index in [0.717, 1.165) is 0 Å². The molecule has 0 bridgehead atoms. The van der Waals surface area contributed by atoms with Crippen molar-refractivity contribution in [2.75, 3.05) is 0 Å². The summed E-state index contributed by atoms with van der Waals surface area (Å²) >= 11 is 0. The third kappa shape index (κ3) is 1.28. The second-order valence-electron chi connectivity index (χ2n) is 2.29. The van der Waals surface area contributed by atoms with Gasteiger partial charge in [-0.05, 0) is 0 Å². The van der Waals surface area contributed by atoms with E-state index in [2.05, 4.69) is 11.2 Å². The number of aldehydes is 2. The molecule has 0 aromatic rings. The summed E-state index contributed by atoms with van der Waals surface area (Å²) in [6, 6.07) is 0. The van der Waals surface area contributed by atoms with Crippen molar-refractivity contribution in [1.82, 2.24) is 5.32 Å². The maximum Gasteiger partial charge on any atom is 0.149 e. The predicted molar refractivity (Wildman–Crippen MR) is 43.8 cm³/mol. The van der Waals surface area contributed by atoms with Crippen LogP contribution in [0.5, 0.6) is 0 Å². The number of allylic oxidation sites excluding steroid dienone is 2. The van der Waals surface area contributed by atoms with Gasteiger partial charge in [-0.3, -0.25) is 9.59 Å². The first kappa shape index (κ1) is 8.28. The Labute approximate surface area is 70.1 Å². The van der Waals surface area contributed by atoms with Crippen molar-refractivity contribution in [2.24, 2.45) is 5.92 Å². The Balaban J connectivity index is 2.98. The normalized spacial score (nSPS) is 16.6. The first-order valence-corrected chi connectivity index (χ1v) is 3.36. The molecular formula is C9H7NO2. The van der Waals surface area contributed by atoms with Crippen molar-refractivity contribution in [1.29, 1.82) is 0 Å². The van der Waals surface area contributed by atoms with Gasteiger partial charge in [-0.15, -0.1) is 6.42 Å². The Hall–Kier alpha value is -1.82. The van der Waals surface area contributed by atoms with Gasteiger partial charge in [0, 0.05) is 23.5 Å². The van der Waals surface area contributed by atoms with Crippen LogP contribution in [0.25, 0.3) is 0 Å². The monoisotopic (exact) mass is 161 g/mol. The quantitative estimate of drug-likeness (QED) is 0.458. The molecule has 0 atom stereocenters. The standard InChI is InChI=1S/C9H7NO2/c1-2-9-7(5-11)3-10-4-8(9)6-12/h1,3-6,9-10H. The lowest BCUT2D eigenvalue weighted by molar-refractivity contribution is -0.105. The van der Waals surface area contributed by atoms with Crippen molar-refractivity contribution in [3.8, 4) is 12.3 Å². The third-order valence-electron chi connectivity index (χ3n) is 1.61. The molecule has 12 heavy (non-hydrogen) atoms. The molecule has 0 saturated heterocycles. The number of hydrogen-bond acceptors (Lipinski definition) is 3. The molecule has 3 nitrogen and oxygen atoms in total. The van der Waals surface area contributed by atoms with Crippen molar-refractivity contribution in [2.45, 2.75) is 0 Å². The Morgan fingerprint density at radius 3 is 2.17 bits per heavy atom. The first-order chi connectivity index (χ1) is 5.83. The number of nitrogens with one attached hydrogen (secondary N) is 1. The summed E-state index contributed by atoms with van der Waals surface area (Å²) < 4.78 is 0. The van der Waals surface area contributed by atoms with E-state index in [1.165, 1.54) is 12.4 Å². The average molecular weight is 161 g/mol. The number of dihydropyridines is 1. The van der Waals surface area contributed by atoms with Crippen LogP contribution in [0, 0.1) is 18.3 Å². The molecule has 0 aromatic heterocycles. The fourth-order valence-corrected chi connectivity index (χ4v) is 0.990. The highest BCUT2D eigenvalue weighted by atomic mass is 16.1. The van der Waals surface area contributed by atoms with E-state index in [9.17, 15) is 9.59 Å². The van der Waals surface area contributed by atoms with E-state index in [0.29, 0.717) is 23.7 Å². The predicted octanol–water partition coefficient (Wildman–Crippen LogP) is 0.00460. The molecule has 0 radical (unpaired) electrons. The molecule has 1 aliphatic heterocycles. The molecule has 0 aliphatic carbocycles. The van der Waals surface area contributed by atoms with Gasteiger partial charge < -0.3 is 5.32 Å². The maximum absolute atomic E-state index is 10.4.